The van der Waals surface area contributed by atoms with E-state index in [0.29, 0.717) is 24.5 Å². The van der Waals surface area contributed by atoms with Gasteiger partial charge in [-0.15, -0.1) is 0 Å². The van der Waals surface area contributed by atoms with Gasteiger partial charge in [-0.2, -0.15) is 0 Å². The van der Waals surface area contributed by atoms with Gasteiger partial charge >= 0.3 is 0 Å². The van der Waals surface area contributed by atoms with E-state index in [0.717, 1.165) is 38.4 Å². The second-order valence-electron chi connectivity index (χ2n) is 7.09. The second-order valence-corrected chi connectivity index (χ2v) is 7.09. The summed E-state index contributed by atoms with van der Waals surface area (Å²) in [5.41, 5.74) is 7.44. The highest BCUT2D eigenvalue weighted by atomic mass is 16.5. The van der Waals surface area contributed by atoms with E-state index in [4.69, 9.17) is 10.5 Å². The Hall–Kier alpha value is -1.10. The zero-order valence-corrected chi connectivity index (χ0v) is 15.2. The summed E-state index contributed by atoms with van der Waals surface area (Å²) in [6, 6.07) is 9.40. The van der Waals surface area contributed by atoms with Crippen molar-refractivity contribution in [3.05, 3.63) is 29.8 Å². The highest BCUT2D eigenvalue weighted by Gasteiger charge is 2.29. The van der Waals surface area contributed by atoms with Crippen LogP contribution in [-0.2, 0) is 0 Å². The van der Waals surface area contributed by atoms with Gasteiger partial charge in [-0.25, -0.2) is 0 Å². The molecule has 0 amide bonds. The molecule has 1 aromatic carbocycles. The van der Waals surface area contributed by atoms with Crippen LogP contribution in [0.4, 0.5) is 0 Å². The SMILES string of the molecule is CCC1CN(C)CCN1C(CN)c1ccc(OCC(C)C)cc1. The maximum Gasteiger partial charge on any atom is 0.119 e. The van der Waals surface area contributed by atoms with E-state index in [-0.39, 0.29) is 0 Å². The maximum atomic E-state index is 6.14. The van der Waals surface area contributed by atoms with Crippen LogP contribution in [0.25, 0.3) is 0 Å². The monoisotopic (exact) mass is 319 g/mol. The molecule has 2 unspecified atom stereocenters. The van der Waals surface area contributed by atoms with Crippen molar-refractivity contribution >= 4 is 0 Å². The molecule has 0 spiro atoms. The van der Waals surface area contributed by atoms with Crippen molar-refractivity contribution in [3.8, 4) is 5.75 Å². The highest BCUT2D eigenvalue weighted by Crippen LogP contribution is 2.27. The maximum absolute atomic E-state index is 6.14. The minimum atomic E-state index is 0.299. The average Bonchev–Trinajstić information content (AvgIpc) is 2.55. The summed E-state index contributed by atoms with van der Waals surface area (Å²) in [7, 11) is 2.21. The lowest BCUT2D eigenvalue weighted by Gasteiger charge is -2.44. The molecule has 1 fully saturated rings. The smallest absolute Gasteiger partial charge is 0.119 e. The molecule has 1 aliphatic rings. The molecule has 130 valence electrons. The number of ether oxygens (including phenoxy) is 1. The molecule has 2 N–H and O–H groups in total. The fraction of sp³-hybridized carbons (Fsp3) is 0.684. The van der Waals surface area contributed by atoms with Crippen LogP contribution in [0.3, 0.4) is 0 Å². The Morgan fingerprint density at radius 1 is 1.22 bits per heavy atom. The normalized spacial score (nSPS) is 21.6. The molecule has 1 saturated heterocycles. The predicted molar refractivity (Wildman–Crippen MR) is 96.9 cm³/mol. The lowest BCUT2D eigenvalue weighted by atomic mass is 10.00. The molecule has 0 bridgehead atoms. The van der Waals surface area contributed by atoms with Crippen molar-refractivity contribution in [2.75, 3.05) is 39.8 Å². The van der Waals surface area contributed by atoms with Crippen LogP contribution in [0.5, 0.6) is 5.75 Å². The number of likely N-dealkylation sites (N-methyl/N-ethyl adjacent to an activating group) is 1. The minimum Gasteiger partial charge on any atom is -0.493 e. The zero-order chi connectivity index (χ0) is 16.8. The van der Waals surface area contributed by atoms with Crippen molar-refractivity contribution in [2.24, 2.45) is 11.7 Å². The van der Waals surface area contributed by atoms with E-state index in [1.807, 2.05) is 0 Å². The first kappa shape index (κ1) is 18.2. The molecule has 1 aliphatic heterocycles. The van der Waals surface area contributed by atoms with E-state index in [2.05, 4.69) is 61.9 Å². The number of nitrogens with zero attached hydrogens (tertiary/aromatic N) is 2. The molecule has 23 heavy (non-hydrogen) atoms. The third kappa shape index (κ3) is 4.93. The molecule has 0 radical (unpaired) electrons. The Morgan fingerprint density at radius 3 is 2.48 bits per heavy atom. The molecule has 4 heteroatoms. The van der Waals surface area contributed by atoms with Crippen LogP contribution in [0.15, 0.2) is 24.3 Å². The summed E-state index contributed by atoms with van der Waals surface area (Å²) in [4.78, 5) is 5.01. The topological polar surface area (TPSA) is 41.7 Å². The van der Waals surface area contributed by atoms with E-state index < -0.39 is 0 Å². The number of nitrogens with two attached hydrogens (primary N) is 1. The largest absolute Gasteiger partial charge is 0.493 e. The highest BCUT2D eigenvalue weighted by molar-refractivity contribution is 5.29. The lowest BCUT2D eigenvalue weighted by molar-refractivity contribution is 0.0521. The van der Waals surface area contributed by atoms with Crippen LogP contribution < -0.4 is 10.5 Å². The second kappa shape index (κ2) is 8.67. The summed E-state index contributed by atoms with van der Waals surface area (Å²) >= 11 is 0. The third-order valence-corrected chi connectivity index (χ3v) is 4.67. The van der Waals surface area contributed by atoms with Crippen molar-refractivity contribution < 1.29 is 4.74 Å². The molecule has 0 aliphatic carbocycles. The molecule has 0 saturated carbocycles. The van der Waals surface area contributed by atoms with E-state index >= 15 is 0 Å². The molecular formula is C19H33N3O. The number of hydrogen-bond donors (Lipinski definition) is 1. The number of hydrogen-bond acceptors (Lipinski definition) is 4. The lowest BCUT2D eigenvalue weighted by Crippen LogP contribution is -2.53. The van der Waals surface area contributed by atoms with Crippen LogP contribution in [0, 0.1) is 5.92 Å². The first-order valence-electron chi connectivity index (χ1n) is 8.92. The van der Waals surface area contributed by atoms with Gasteiger partial charge in [0.1, 0.15) is 5.75 Å². The Morgan fingerprint density at radius 2 is 1.91 bits per heavy atom. The Kier molecular flexibility index (Phi) is 6.88. The van der Waals surface area contributed by atoms with Crippen LogP contribution in [0.1, 0.15) is 38.8 Å². The van der Waals surface area contributed by atoms with Gasteiger partial charge in [-0.05, 0) is 37.1 Å². The van der Waals surface area contributed by atoms with Gasteiger partial charge in [0, 0.05) is 38.3 Å². The molecule has 2 rings (SSSR count). The quantitative estimate of drug-likeness (QED) is 0.839. The molecule has 1 aromatic rings. The van der Waals surface area contributed by atoms with Crippen molar-refractivity contribution in [1.29, 1.82) is 0 Å². The summed E-state index contributed by atoms with van der Waals surface area (Å²) in [5.74, 6) is 1.49. The van der Waals surface area contributed by atoms with Crippen LogP contribution >= 0.6 is 0 Å². The van der Waals surface area contributed by atoms with Crippen molar-refractivity contribution in [1.82, 2.24) is 9.80 Å². The number of piperazine rings is 1. The van der Waals surface area contributed by atoms with Crippen molar-refractivity contribution in [3.63, 3.8) is 0 Å². The third-order valence-electron chi connectivity index (χ3n) is 4.67. The van der Waals surface area contributed by atoms with Gasteiger partial charge in [-0.1, -0.05) is 32.9 Å². The summed E-state index contributed by atoms with van der Waals surface area (Å²) < 4.78 is 5.79. The molecule has 4 nitrogen and oxygen atoms in total. The van der Waals surface area contributed by atoms with Crippen molar-refractivity contribution in [2.45, 2.75) is 39.3 Å². The van der Waals surface area contributed by atoms with Gasteiger partial charge < -0.3 is 15.4 Å². The van der Waals surface area contributed by atoms with Crippen LogP contribution in [-0.4, -0.2) is 55.7 Å². The average molecular weight is 319 g/mol. The molecular weight excluding hydrogens is 286 g/mol. The molecule has 2 atom stereocenters. The van der Waals surface area contributed by atoms with Gasteiger partial charge in [0.15, 0.2) is 0 Å². The first-order valence-corrected chi connectivity index (χ1v) is 8.92. The number of benzene rings is 1. The van der Waals surface area contributed by atoms with Gasteiger partial charge in [0.2, 0.25) is 0 Å². The standard InChI is InChI=1S/C19H33N3O/c1-5-17-13-21(4)10-11-22(17)19(12-20)16-6-8-18(9-7-16)23-14-15(2)3/h6-9,15,17,19H,5,10-14,20H2,1-4H3. The van der Waals surface area contributed by atoms with E-state index in [9.17, 15) is 0 Å². The summed E-state index contributed by atoms with van der Waals surface area (Å²) in [6.07, 6.45) is 1.16. The Bertz CT molecular complexity index is 460. The zero-order valence-electron chi connectivity index (χ0n) is 15.2. The minimum absolute atomic E-state index is 0.299. The summed E-state index contributed by atoms with van der Waals surface area (Å²) in [6.45, 7) is 11.3. The molecule has 0 aromatic heterocycles. The van der Waals surface area contributed by atoms with Gasteiger partial charge in [0.05, 0.1) is 6.61 Å². The summed E-state index contributed by atoms with van der Waals surface area (Å²) in [5, 5.41) is 0. The van der Waals surface area contributed by atoms with E-state index in [1.165, 1.54) is 5.56 Å². The van der Waals surface area contributed by atoms with E-state index in [1.54, 1.807) is 0 Å². The fourth-order valence-electron chi connectivity index (χ4n) is 3.31. The molecule has 1 heterocycles. The van der Waals surface area contributed by atoms with Gasteiger partial charge in [-0.3, -0.25) is 4.90 Å². The number of rotatable bonds is 7. The predicted octanol–water partition coefficient (Wildman–Crippen LogP) is 2.75. The van der Waals surface area contributed by atoms with Crippen LogP contribution in [0.2, 0.25) is 0 Å². The Labute approximate surface area is 141 Å². The first-order chi connectivity index (χ1) is 11.0. The van der Waals surface area contributed by atoms with Gasteiger partial charge in [0.25, 0.3) is 0 Å². The Balaban J connectivity index is 2.07. The fourth-order valence-corrected chi connectivity index (χ4v) is 3.31.